The smallest absolute Gasteiger partial charge is 0.0704 e. The van der Waals surface area contributed by atoms with E-state index in [-0.39, 0.29) is 0 Å². The second-order valence-corrected chi connectivity index (χ2v) is 7.72. The van der Waals surface area contributed by atoms with E-state index in [9.17, 15) is 0 Å². The Morgan fingerprint density at radius 3 is 2.83 bits per heavy atom. The molecule has 1 aliphatic rings. The number of nitrogens with zero attached hydrogens (tertiary/aromatic N) is 2. The molecular weight excluding hydrogens is 280 g/mol. The van der Waals surface area contributed by atoms with Crippen LogP contribution in [0.15, 0.2) is 30.5 Å². The van der Waals surface area contributed by atoms with Crippen LogP contribution < -0.4 is 0 Å². The van der Waals surface area contributed by atoms with Gasteiger partial charge in [-0.25, -0.2) is 0 Å². The standard InChI is InChI=1S/C21H30N2/c1-5-17-14-23(4)9-8-20(17)19-12-18-7-6-16(10-15(2)3)11-21(18)22-13-19/h6-7,11-13,15,17,20H,5,8-10,14H2,1-4H3/t17-,20-/m1/s1. The number of hydrogen-bond acceptors (Lipinski definition) is 2. The van der Waals surface area contributed by atoms with E-state index in [4.69, 9.17) is 4.98 Å². The number of pyridine rings is 1. The van der Waals surface area contributed by atoms with Crippen LogP contribution >= 0.6 is 0 Å². The quantitative estimate of drug-likeness (QED) is 0.800. The summed E-state index contributed by atoms with van der Waals surface area (Å²) in [6.45, 7) is 9.28. The van der Waals surface area contributed by atoms with Crippen molar-refractivity contribution < 1.29 is 0 Å². The first-order chi connectivity index (χ1) is 11.1. The summed E-state index contributed by atoms with van der Waals surface area (Å²) in [4.78, 5) is 7.27. The SMILES string of the molecule is CC[C@@H]1CN(C)CC[C@H]1c1cnc2cc(CC(C)C)ccc2c1. The predicted octanol–water partition coefficient (Wildman–Crippen LogP) is 4.88. The molecule has 1 aromatic carbocycles. The molecule has 0 unspecified atom stereocenters. The predicted molar refractivity (Wildman–Crippen MR) is 98.9 cm³/mol. The van der Waals surface area contributed by atoms with Crippen LogP contribution in [-0.4, -0.2) is 30.0 Å². The molecule has 2 nitrogen and oxygen atoms in total. The molecule has 1 aromatic heterocycles. The van der Waals surface area contributed by atoms with E-state index in [0.29, 0.717) is 11.8 Å². The van der Waals surface area contributed by atoms with Crippen molar-refractivity contribution in [2.75, 3.05) is 20.1 Å². The Balaban J connectivity index is 1.87. The fourth-order valence-corrected chi connectivity index (χ4v) is 4.05. The summed E-state index contributed by atoms with van der Waals surface area (Å²) in [7, 11) is 2.24. The first-order valence-electron chi connectivity index (χ1n) is 9.14. The summed E-state index contributed by atoms with van der Waals surface area (Å²) >= 11 is 0. The van der Waals surface area contributed by atoms with E-state index in [2.05, 4.69) is 63.2 Å². The van der Waals surface area contributed by atoms with Gasteiger partial charge in [0.15, 0.2) is 0 Å². The van der Waals surface area contributed by atoms with Crippen LogP contribution in [0.2, 0.25) is 0 Å². The molecule has 0 spiro atoms. The van der Waals surface area contributed by atoms with E-state index < -0.39 is 0 Å². The van der Waals surface area contributed by atoms with Gasteiger partial charge in [0.25, 0.3) is 0 Å². The first-order valence-corrected chi connectivity index (χ1v) is 9.14. The number of piperidine rings is 1. The maximum absolute atomic E-state index is 4.80. The highest BCUT2D eigenvalue weighted by Gasteiger charge is 2.27. The van der Waals surface area contributed by atoms with Gasteiger partial charge in [-0.05, 0) is 67.4 Å². The first kappa shape index (κ1) is 16.4. The van der Waals surface area contributed by atoms with Gasteiger partial charge in [-0.3, -0.25) is 4.98 Å². The number of fused-ring (bicyclic) bond motifs is 1. The zero-order valence-corrected chi connectivity index (χ0v) is 15.0. The van der Waals surface area contributed by atoms with Gasteiger partial charge < -0.3 is 4.90 Å². The minimum atomic E-state index is 0.670. The van der Waals surface area contributed by atoms with Crippen LogP contribution in [0.5, 0.6) is 0 Å². The molecule has 2 atom stereocenters. The van der Waals surface area contributed by atoms with Crippen molar-refractivity contribution >= 4 is 10.9 Å². The molecule has 2 heterocycles. The normalized spacial score (nSPS) is 22.8. The molecule has 3 rings (SSSR count). The third-order valence-corrected chi connectivity index (χ3v) is 5.30. The van der Waals surface area contributed by atoms with Crippen LogP contribution in [0.1, 0.15) is 50.7 Å². The lowest BCUT2D eigenvalue weighted by atomic mass is 9.79. The summed E-state index contributed by atoms with van der Waals surface area (Å²) < 4.78 is 0. The molecular formula is C21H30N2. The summed E-state index contributed by atoms with van der Waals surface area (Å²) in [6, 6.07) is 9.20. The van der Waals surface area contributed by atoms with Gasteiger partial charge in [-0.15, -0.1) is 0 Å². The fraction of sp³-hybridized carbons (Fsp3) is 0.571. The Labute approximate surface area is 140 Å². The minimum Gasteiger partial charge on any atom is -0.306 e. The molecule has 0 N–H and O–H groups in total. The fourth-order valence-electron chi connectivity index (χ4n) is 4.05. The van der Waals surface area contributed by atoms with Gasteiger partial charge in [-0.1, -0.05) is 39.3 Å². The van der Waals surface area contributed by atoms with Crippen LogP contribution in [-0.2, 0) is 6.42 Å². The molecule has 0 amide bonds. The van der Waals surface area contributed by atoms with E-state index in [1.54, 1.807) is 0 Å². The average molecular weight is 310 g/mol. The number of hydrogen-bond donors (Lipinski definition) is 0. The molecule has 23 heavy (non-hydrogen) atoms. The maximum Gasteiger partial charge on any atom is 0.0704 e. The Kier molecular flexibility index (Phi) is 5.01. The maximum atomic E-state index is 4.80. The highest BCUT2D eigenvalue weighted by Crippen LogP contribution is 2.35. The third-order valence-electron chi connectivity index (χ3n) is 5.30. The molecule has 0 saturated carbocycles. The van der Waals surface area contributed by atoms with Gasteiger partial charge in [0, 0.05) is 18.1 Å². The average Bonchev–Trinajstić information content (AvgIpc) is 2.53. The van der Waals surface area contributed by atoms with E-state index in [1.807, 2.05) is 0 Å². The molecule has 1 fully saturated rings. The Bertz CT molecular complexity index is 662. The Morgan fingerprint density at radius 2 is 2.09 bits per heavy atom. The monoisotopic (exact) mass is 310 g/mol. The summed E-state index contributed by atoms with van der Waals surface area (Å²) in [6.07, 6.45) is 5.78. The van der Waals surface area contributed by atoms with Crippen molar-refractivity contribution in [3.8, 4) is 0 Å². The van der Waals surface area contributed by atoms with E-state index in [0.717, 1.165) is 17.9 Å². The second-order valence-electron chi connectivity index (χ2n) is 7.72. The van der Waals surface area contributed by atoms with Crippen molar-refractivity contribution in [3.05, 3.63) is 41.6 Å². The van der Waals surface area contributed by atoms with Gasteiger partial charge in [-0.2, -0.15) is 0 Å². The summed E-state index contributed by atoms with van der Waals surface area (Å²) in [5.41, 5.74) is 3.99. The Morgan fingerprint density at radius 1 is 1.26 bits per heavy atom. The lowest BCUT2D eigenvalue weighted by Gasteiger charge is -2.36. The highest BCUT2D eigenvalue weighted by molar-refractivity contribution is 5.79. The van der Waals surface area contributed by atoms with Gasteiger partial charge in [0.1, 0.15) is 0 Å². The third kappa shape index (κ3) is 3.74. The van der Waals surface area contributed by atoms with Crippen molar-refractivity contribution in [2.45, 2.75) is 46.0 Å². The van der Waals surface area contributed by atoms with Gasteiger partial charge in [0.2, 0.25) is 0 Å². The Hall–Kier alpha value is -1.41. The molecule has 2 aromatic rings. The lowest BCUT2D eigenvalue weighted by Crippen LogP contribution is -2.36. The van der Waals surface area contributed by atoms with E-state index in [1.165, 1.54) is 42.4 Å². The zero-order valence-electron chi connectivity index (χ0n) is 15.0. The molecule has 0 radical (unpaired) electrons. The second kappa shape index (κ2) is 7.00. The van der Waals surface area contributed by atoms with Gasteiger partial charge in [0.05, 0.1) is 5.52 Å². The summed E-state index contributed by atoms with van der Waals surface area (Å²) in [5, 5.41) is 1.30. The van der Waals surface area contributed by atoms with Crippen LogP contribution in [0.3, 0.4) is 0 Å². The largest absolute Gasteiger partial charge is 0.306 e. The molecule has 2 heteroatoms. The summed E-state index contributed by atoms with van der Waals surface area (Å²) in [5.74, 6) is 2.12. The topological polar surface area (TPSA) is 16.1 Å². The van der Waals surface area contributed by atoms with E-state index >= 15 is 0 Å². The van der Waals surface area contributed by atoms with Crippen LogP contribution in [0.4, 0.5) is 0 Å². The number of benzene rings is 1. The van der Waals surface area contributed by atoms with Crippen molar-refractivity contribution in [1.82, 2.24) is 9.88 Å². The number of rotatable bonds is 4. The van der Waals surface area contributed by atoms with Crippen LogP contribution in [0.25, 0.3) is 10.9 Å². The lowest BCUT2D eigenvalue weighted by molar-refractivity contribution is 0.180. The van der Waals surface area contributed by atoms with Crippen LogP contribution in [0, 0.1) is 11.8 Å². The molecule has 1 aliphatic heterocycles. The number of aromatic nitrogens is 1. The molecule has 124 valence electrons. The zero-order chi connectivity index (χ0) is 16.4. The molecule has 0 aliphatic carbocycles. The van der Waals surface area contributed by atoms with Crippen molar-refractivity contribution in [1.29, 1.82) is 0 Å². The number of likely N-dealkylation sites (tertiary alicyclic amines) is 1. The molecule has 1 saturated heterocycles. The molecule has 0 bridgehead atoms. The van der Waals surface area contributed by atoms with Gasteiger partial charge >= 0.3 is 0 Å². The van der Waals surface area contributed by atoms with Crippen molar-refractivity contribution in [3.63, 3.8) is 0 Å². The minimum absolute atomic E-state index is 0.670. The highest BCUT2D eigenvalue weighted by atomic mass is 15.1. The van der Waals surface area contributed by atoms with Crippen molar-refractivity contribution in [2.24, 2.45) is 11.8 Å².